The van der Waals surface area contributed by atoms with E-state index in [4.69, 9.17) is 5.26 Å². The van der Waals surface area contributed by atoms with Crippen LogP contribution in [0.4, 0.5) is 10.2 Å². The SMILES string of the molecule is CC[C@H]1CN(C(C)c2ccc(C3CC3)nc2F)[C@H](CC)CN1c1cc(=O)n(C)c2cc(CC#N)nn12. The summed E-state index contributed by atoms with van der Waals surface area (Å²) >= 11 is 0. The maximum absolute atomic E-state index is 15.1. The molecule has 0 bridgehead atoms. The average Bonchev–Trinajstić information content (AvgIpc) is 3.65. The van der Waals surface area contributed by atoms with E-state index < -0.39 is 0 Å². The summed E-state index contributed by atoms with van der Waals surface area (Å²) in [7, 11) is 1.72. The Morgan fingerprint density at radius 1 is 1.17 bits per heavy atom. The van der Waals surface area contributed by atoms with Gasteiger partial charge in [-0.05, 0) is 38.7 Å². The lowest BCUT2D eigenvalue weighted by atomic mass is 9.97. The van der Waals surface area contributed by atoms with E-state index in [0.717, 1.165) is 43.7 Å². The van der Waals surface area contributed by atoms with E-state index >= 15 is 4.39 Å². The number of nitrogens with zero attached hydrogens (tertiary/aromatic N) is 7. The van der Waals surface area contributed by atoms with Crippen LogP contribution in [0.1, 0.15) is 75.4 Å². The summed E-state index contributed by atoms with van der Waals surface area (Å²) < 4.78 is 18.5. The van der Waals surface area contributed by atoms with Gasteiger partial charge in [0.15, 0.2) is 0 Å². The normalized spacial score (nSPS) is 21.6. The van der Waals surface area contributed by atoms with Gasteiger partial charge in [0.25, 0.3) is 5.56 Å². The Morgan fingerprint density at radius 3 is 2.56 bits per heavy atom. The largest absolute Gasteiger partial charge is 0.351 e. The Hall–Kier alpha value is -3.25. The first-order valence-electron chi connectivity index (χ1n) is 13.0. The van der Waals surface area contributed by atoms with E-state index in [0.29, 0.717) is 29.4 Å². The van der Waals surface area contributed by atoms with Gasteiger partial charge in [-0.15, -0.1) is 0 Å². The third-order valence-electron chi connectivity index (χ3n) is 7.96. The van der Waals surface area contributed by atoms with Crippen LogP contribution in [-0.4, -0.2) is 49.2 Å². The lowest BCUT2D eigenvalue weighted by molar-refractivity contribution is 0.0981. The molecule has 0 aromatic carbocycles. The van der Waals surface area contributed by atoms with Crippen LogP contribution in [0, 0.1) is 17.3 Å². The highest BCUT2D eigenvalue weighted by Crippen LogP contribution is 2.40. The molecule has 0 spiro atoms. The Kier molecular flexibility index (Phi) is 6.56. The molecule has 1 aliphatic heterocycles. The first-order chi connectivity index (χ1) is 17.4. The number of piperazine rings is 1. The quantitative estimate of drug-likeness (QED) is 0.466. The molecule has 4 heterocycles. The van der Waals surface area contributed by atoms with Crippen molar-refractivity contribution < 1.29 is 4.39 Å². The van der Waals surface area contributed by atoms with Crippen LogP contribution in [-0.2, 0) is 13.5 Å². The van der Waals surface area contributed by atoms with Crippen LogP contribution < -0.4 is 10.5 Å². The molecule has 3 aromatic heterocycles. The fraction of sp³-hybridized carbons (Fsp3) is 0.556. The molecule has 1 saturated heterocycles. The van der Waals surface area contributed by atoms with Crippen molar-refractivity contribution in [1.29, 1.82) is 5.26 Å². The molecule has 190 valence electrons. The summed E-state index contributed by atoms with van der Waals surface area (Å²) in [5, 5.41) is 13.8. The van der Waals surface area contributed by atoms with Crippen molar-refractivity contribution >= 4 is 11.5 Å². The van der Waals surface area contributed by atoms with E-state index in [1.54, 1.807) is 22.2 Å². The number of fused-ring (bicyclic) bond motifs is 1. The topological polar surface area (TPSA) is 82.5 Å². The van der Waals surface area contributed by atoms with Crippen LogP contribution in [0.25, 0.3) is 5.65 Å². The summed E-state index contributed by atoms with van der Waals surface area (Å²) in [6.45, 7) is 7.80. The minimum absolute atomic E-state index is 0.108. The van der Waals surface area contributed by atoms with Gasteiger partial charge in [0.05, 0.1) is 18.2 Å². The van der Waals surface area contributed by atoms with Gasteiger partial charge < -0.3 is 4.90 Å². The number of aryl methyl sites for hydroxylation is 1. The minimum atomic E-state index is -0.355. The van der Waals surface area contributed by atoms with Crippen molar-refractivity contribution in [2.24, 2.45) is 7.05 Å². The molecule has 0 radical (unpaired) electrons. The second-order valence-electron chi connectivity index (χ2n) is 10.2. The minimum Gasteiger partial charge on any atom is -0.351 e. The summed E-state index contributed by atoms with van der Waals surface area (Å²) in [4.78, 5) is 21.8. The molecule has 1 saturated carbocycles. The third kappa shape index (κ3) is 4.28. The molecule has 9 heteroatoms. The van der Waals surface area contributed by atoms with Gasteiger partial charge in [0.2, 0.25) is 5.95 Å². The van der Waals surface area contributed by atoms with Crippen molar-refractivity contribution in [2.45, 2.75) is 76.9 Å². The lowest BCUT2D eigenvalue weighted by Crippen LogP contribution is -2.59. The van der Waals surface area contributed by atoms with Crippen LogP contribution in [0.2, 0.25) is 0 Å². The number of hydrogen-bond donors (Lipinski definition) is 0. The molecule has 2 fully saturated rings. The van der Waals surface area contributed by atoms with Gasteiger partial charge in [-0.25, -0.2) is 9.50 Å². The number of anilines is 1. The van der Waals surface area contributed by atoms with Crippen LogP contribution >= 0.6 is 0 Å². The van der Waals surface area contributed by atoms with E-state index in [1.807, 2.05) is 18.2 Å². The van der Waals surface area contributed by atoms with Gasteiger partial charge in [0.1, 0.15) is 11.5 Å². The zero-order valence-corrected chi connectivity index (χ0v) is 21.5. The smallest absolute Gasteiger partial charge is 0.255 e. The van der Waals surface area contributed by atoms with Crippen molar-refractivity contribution in [3.05, 3.63) is 57.5 Å². The Balaban J connectivity index is 1.48. The number of aromatic nitrogens is 4. The highest BCUT2D eigenvalue weighted by molar-refractivity contribution is 5.52. The van der Waals surface area contributed by atoms with Crippen LogP contribution in [0.15, 0.2) is 29.1 Å². The molecule has 8 nitrogen and oxygen atoms in total. The first kappa shape index (κ1) is 24.4. The molecule has 3 aromatic rings. The van der Waals surface area contributed by atoms with E-state index in [1.165, 1.54) is 0 Å². The second-order valence-corrected chi connectivity index (χ2v) is 10.2. The van der Waals surface area contributed by atoms with Gasteiger partial charge in [-0.1, -0.05) is 19.9 Å². The molecule has 1 unspecified atom stereocenters. The summed E-state index contributed by atoms with van der Waals surface area (Å²) in [5.74, 6) is 0.815. The van der Waals surface area contributed by atoms with Gasteiger partial charge in [0, 0.05) is 67.6 Å². The molecule has 0 amide bonds. The molecule has 36 heavy (non-hydrogen) atoms. The maximum Gasteiger partial charge on any atom is 0.255 e. The number of nitriles is 1. The van der Waals surface area contributed by atoms with Gasteiger partial charge in [-0.2, -0.15) is 14.8 Å². The number of rotatable bonds is 7. The summed E-state index contributed by atoms with van der Waals surface area (Å²) in [6, 6.07) is 9.70. The van der Waals surface area contributed by atoms with Crippen molar-refractivity contribution in [3.8, 4) is 6.07 Å². The zero-order chi connectivity index (χ0) is 25.6. The fourth-order valence-corrected chi connectivity index (χ4v) is 5.58. The Bertz CT molecular complexity index is 1370. The molecule has 5 rings (SSSR count). The van der Waals surface area contributed by atoms with Crippen LogP contribution in [0.3, 0.4) is 0 Å². The molecule has 3 atom stereocenters. The Morgan fingerprint density at radius 2 is 1.92 bits per heavy atom. The lowest BCUT2D eigenvalue weighted by Gasteiger charge is -2.49. The van der Waals surface area contributed by atoms with Gasteiger partial charge >= 0.3 is 0 Å². The fourth-order valence-electron chi connectivity index (χ4n) is 5.58. The van der Waals surface area contributed by atoms with Crippen molar-refractivity contribution in [1.82, 2.24) is 24.1 Å². The second kappa shape index (κ2) is 9.66. The van der Waals surface area contributed by atoms with Crippen molar-refractivity contribution in [3.63, 3.8) is 0 Å². The predicted octanol–water partition coefficient (Wildman–Crippen LogP) is 3.95. The third-order valence-corrected chi connectivity index (χ3v) is 7.96. The number of halogens is 1. The van der Waals surface area contributed by atoms with Gasteiger partial charge in [-0.3, -0.25) is 14.3 Å². The van der Waals surface area contributed by atoms with E-state index in [9.17, 15) is 4.79 Å². The monoisotopic (exact) mass is 491 g/mol. The highest BCUT2D eigenvalue weighted by Gasteiger charge is 2.37. The zero-order valence-electron chi connectivity index (χ0n) is 21.5. The summed E-state index contributed by atoms with van der Waals surface area (Å²) in [6.07, 6.45) is 4.14. The molecule has 0 N–H and O–H groups in total. The molecule has 2 aliphatic rings. The van der Waals surface area contributed by atoms with Crippen LogP contribution in [0.5, 0.6) is 0 Å². The average molecular weight is 492 g/mol. The number of pyridine rings is 1. The number of hydrogen-bond acceptors (Lipinski definition) is 6. The molecule has 1 aliphatic carbocycles. The molecular weight excluding hydrogens is 457 g/mol. The molecular formula is C27H34FN7O. The van der Waals surface area contributed by atoms with E-state index in [2.05, 4.69) is 46.7 Å². The first-order valence-corrected chi connectivity index (χ1v) is 13.0. The van der Waals surface area contributed by atoms with Crippen molar-refractivity contribution in [2.75, 3.05) is 18.0 Å². The summed E-state index contributed by atoms with van der Waals surface area (Å²) in [5.41, 5.74) is 2.72. The predicted molar refractivity (Wildman–Crippen MR) is 137 cm³/mol. The highest BCUT2D eigenvalue weighted by atomic mass is 19.1. The van der Waals surface area contributed by atoms with E-state index in [-0.39, 0.29) is 36.1 Å². The maximum atomic E-state index is 15.1. The standard InChI is InChI=1S/C27H34FN7O/c1-5-20-16-34(25-14-26(36)32(4)24-13-19(11-12-29)31-35(24)25)21(6-2)15-33(20)17(3)22-9-10-23(18-7-8-18)30-27(22)28/h9-10,13-14,17-18,20-21H,5-8,11,15-16H2,1-4H3/t17?,20-,21+/m1/s1. The Labute approximate surface area is 211 Å².